The highest BCUT2D eigenvalue weighted by atomic mass is 16.7. The van der Waals surface area contributed by atoms with Crippen LogP contribution in [0.4, 0.5) is 4.79 Å². The average Bonchev–Trinajstić information content (AvgIpc) is 3.30. The molecule has 1 aromatic carbocycles. The van der Waals surface area contributed by atoms with Crippen molar-refractivity contribution in [2.75, 3.05) is 47.9 Å². The highest BCUT2D eigenvalue weighted by Gasteiger charge is 2.54. The van der Waals surface area contributed by atoms with E-state index in [-0.39, 0.29) is 37.5 Å². The normalized spacial score (nSPS) is 41.2. The van der Waals surface area contributed by atoms with Gasteiger partial charge in [0.25, 0.3) is 0 Å². The molecule has 3 aliphatic heterocycles. The van der Waals surface area contributed by atoms with E-state index >= 15 is 0 Å². The van der Waals surface area contributed by atoms with Gasteiger partial charge in [-0.25, -0.2) is 4.79 Å². The van der Waals surface area contributed by atoms with Crippen LogP contribution in [-0.4, -0.2) is 181 Å². The van der Waals surface area contributed by atoms with Gasteiger partial charge in [0.1, 0.15) is 29.2 Å². The minimum absolute atomic E-state index is 0.0206. The molecule has 20 atom stereocenters. The quantitative estimate of drug-likeness (QED) is 0.134. The largest absolute Gasteiger partial charge is 0.496 e. The highest BCUT2D eigenvalue weighted by Crippen LogP contribution is 2.42. The molecule has 7 N–H and O–H groups in total. The van der Waals surface area contributed by atoms with Crippen molar-refractivity contribution in [1.29, 1.82) is 0 Å². The molecule has 0 radical (unpaired) electrons. The van der Waals surface area contributed by atoms with Gasteiger partial charge in [-0.2, -0.15) is 0 Å². The van der Waals surface area contributed by atoms with Gasteiger partial charge < -0.3 is 74.3 Å². The van der Waals surface area contributed by atoms with Crippen LogP contribution in [0.1, 0.15) is 120 Å². The van der Waals surface area contributed by atoms with Gasteiger partial charge in [-0.3, -0.25) is 9.69 Å². The number of amides is 1. The Morgan fingerprint density at radius 3 is 2.20 bits per heavy atom. The molecule has 0 spiro atoms. The van der Waals surface area contributed by atoms with Crippen molar-refractivity contribution < 1.29 is 67.9 Å². The third-order valence-electron chi connectivity index (χ3n) is 15.6. The number of methoxy groups -OCH3 is 2. The SMILES string of the molecule is CC[C@H]1OC(=O)[C@H](C)[C@@H](O[C@H]2C[C@@](C)(OC)[C@@H](OC(=O)NCCN(CC)[C@@H](C)c3ccccc3OC)[C@H](C)O2)[C@H](C)[C@@H](O[C@@H]2O[C@H](C)C[C@H](N(C)C)[C@H]2O)[C@](C)(O)C[C@@H](C)[C@H](N)[C@H](C)[C@@H](O)[C@]1(C)O. The predicted molar refractivity (Wildman–Crippen MR) is 260 cm³/mol. The second kappa shape index (κ2) is 24.8. The summed E-state index contributed by atoms with van der Waals surface area (Å²) in [7, 11) is 6.90. The number of aliphatic hydroxyl groups is 4. The number of benzene rings is 1. The molecule has 0 aromatic heterocycles. The number of alkyl carbamates (subject to hydrolysis) is 1. The summed E-state index contributed by atoms with van der Waals surface area (Å²) >= 11 is 0. The summed E-state index contributed by atoms with van der Waals surface area (Å²) in [6.07, 6.45) is -9.97. The Labute approximate surface area is 412 Å². The van der Waals surface area contributed by atoms with E-state index in [0.717, 1.165) is 17.9 Å². The number of nitrogens with one attached hydrogen (secondary N) is 1. The first-order valence-electron chi connectivity index (χ1n) is 25.1. The Morgan fingerprint density at radius 1 is 0.957 bits per heavy atom. The molecule has 1 aromatic rings. The molecule has 0 unspecified atom stereocenters. The number of hydrogen-bond donors (Lipinski definition) is 6. The van der Waals surface area contributed by atoms with Crippen molar-refractivity contribution in [2.45, 2.75) is 205 Å². The Morgan fingerprint density at radius 2 is 1.61 bits per heavy atom. The second-order valence-corrected chi connectivity index (χ2v) is 21.1. The standard InChI is InChI=1S/C51H90N4O14/c1-17-38-51(12,61)43(57)30(5)40(52)28(3)26-49(10,60)44(68-47-41(56)36(54(13)14)25-29(4)64-47)31(6)42(32(7)46(58)66-38)67-39-27-50(11,63-16)45(34(9)65-39)69-48(59)53-23-24-55(18-2)33(8)35-21-19-20-22-37(35)62-15/h19-22,28-34,36,38-45,47,56-57,60-61H,17-18,23-27,52H2,1-16H3,(H,53,59)/t28-,29-,30+,31+,32-,33+,34+,36+,38-,39+,40+,41-,42+,43-,44-,45+,47+,49-,50-,51-/m1/s1. The zero-order chi connectivity index (χ0) is 51.9. The van der Waals surface area contributed by atoms with Crippen LogP contribution < -0.4 is 15.8 Å². The van der Waals surface area contributed by atoms with E-state index in [1.54, 1.807) is 55.6 Å². The number of likely N-dealkylation sites (N-methyl/N-ethyl adjacent to an activating group) is 2. The lowest BCUT2D eigenvalue weighted by molar-refractivity contribution is -0.318. The van der Waals surface area contributed by atoms with Gasteiger partial charge in [-0.05, 0) is 100 Å². The molecule has 398 valence electrons. The summed E-state index contributed by atoms with van der Waals surface area (Å²) in [4.78, 5) is 32.1. The molecule has 69 heavy (non-hydrogen) atoms. The van der Waals surface area contributed by atoms with E-state index in [4.69, 9.17) is 43.6 Å². The third-order valence-corrected chi connectivity index (χ3v) is 15.6. The van der Waals surface area contributed by atoms with E-state index in [0.29, 0.717) is 19.5 Å². The van der Waals surface area contributed by atoms with Crippen molar-refractivity contribution in [3.8, 4) is 5.75 Å². The fraction of sp³-hybridized carbons (Fsp3) is 0.843. The van der Waals surface area contributed by atoms with Crippen molar-refractivity contribution >= 4 is 12.1 Å². The number of carbonyl (C=O) groups excluding carboxylic acids is 2. The predicted octanol–water partition coefficient (Wildman–Crippen LogP) is 4.37. The maximum absolute atomic E-state index is 14.5. The first kappa shape index (κ1) is 58.8. The topological polar surface area (TPSA) is 233 Å². The average molecular weight is 983 g/mol. The maximum atomic E-state index is 14.5. The van der Waals surface area contributed by atoms with Gasteiger partial charge in [-0.1, -0.05) is 52.8 Å². The van der Waals surface area contributed by atoms with Gasteiger partial charge >= 0.3 is 12.1 Å². The summed E-state index contributed by atoms with van der Waals surface area (Å²) in [5.74, 6) is -3.02. The minimum atomic E-state index is -1.90. The molecule has 0 aliphatic carbocycles. The molecular formula is C51H90N4O14. The van der Waals surface area contributed by atoms with Gasteiger partial charge in [0, 0.05) is 62.1 Å². The maximum Gasteiger partial charge on any atom is 0.407 e. The molecular weight excluding hydrogens is 893 g/mol. The molecule has 18 nitrogen and oxygen atoms in total. The third kappa shape index (κ3) is 13.9. The van der Waals surface area contributed by atoms with E-state index < -0.39 is 114 Å². The Balaban J connectivity index is 1.66. The smallest absolute Gasteiger partial charge is 0.407 e. The van der Waals surface area contributed by atoms with Crippen molar-refractivity contribution in [3.05, 3.63) is 29.8 Å². The first-order chi connectivity index (χ1) is 32.2. The molecule has 0 bridgehead atoms. The Bertz CT molecular complexity index is 1770. The van der Waals surface area contributed by atoms with Crippen LogP contribution in [0.2, 0.25) is 0 Å². The van der Waals surface area contributed by atoms with Crippen LogP contribution in [0.25, 0.3) is 0 Å². The van der Waals surface area contributed by atoms with Crippen LogP contribution in [0.3, 0.4) is 0 Å². The number of nitrogens with two attached hydrogens (primary N) is 1. The summed E-state index contributed by atoms with van der Waals surface area (Å²) in [6, 6.07) is 6.83. The van der Waals surface area contributed by atoms with Crippen LogP contribution in [0.5, 0.6) is 5.75 Å². The van der Waals surface area contributed by atoms with Crippen LogP contribution in [0, 0.1) is 23.7 Å². The first-order valence-corrected chi connectivity index (χ1v) is 25.1. The fourth-order valence-corrected chi connectivity index (χ4v) is 11.1. The van der Waals surface area contributed by atoms with Crippen molar-refractivity contribution in [3.63, 3.8) is 0 Å². The van der Waals surface area contributed by atoms with Crippen molar-refractivity contribution in [2.24, 2.45) is 29.4 Å². The fourth-order valence-electron chi connectivity index (χ4n) is 11.1. The van der Waals surface area contributed by atoms with Crippen LogP contribution in [0.15, 0.2) is 24.3 Å². The molecule has 4 rings (SSSR count). The van der Waals surface area contributed by atoms with Gasteiger partial charge in [-0.15, -0.1) is 0 Å². The zero-order valence-corrected chi connectivity index (χ0v) is 44.4. The Kier molecular flexibility index (Phi) is 21.2. The number of rotatable bonds is 15. The van der Waals surface area contributed by atoms with Gasteiger partial charge in [0.2, 0.25) is 0 Å². The monoisotopic (exact) mass is 983 g/mol. The molecule has 3 aliphatic rings. The number of cyclic esters (lactones) is 1. The molecule has 3 saturated heterocycles. The molecule has 3 fully saturated rings. The summed E-state index contributed by atoms with van der Waals surface area (Å²) in [6.45, 7) is 23.0. The highest BCUT2D eigenvalue weighted by molar-refractivity contribution is 5.73. The van der Waals surface area contributed by atoms with Crippen molar-refractivity contribution in [1.82, 2.24) is 15.1 Å². The number of nitrogens with zero attached hydrogens (tertiary/aromatic N) is 2. The van der Waals surface area contributed by atoms with Crippen LogP contribution in [-0.2, 0) is 38.0 Å². The number of ether oxygens (including phenoxy) is 8. The summed E-state index contributed by atoms with van der Waals surface area (Å²) in [5, 5.41) is 50.9. The molecule has 18 heteroatoms. The Hall–Kier alpha value is -2.72. The molecule has 3 heterocycles. The zero-order valence-electron chi connectivity index (χ0n) is 44.4. The van der Waals surface area contributed by atoms with E-state index in [1.807, 2.05) is 57.1 Å². The lowest BCUT2D eigenvalue weighted by atomic mass is 9.72. The van der Waals surface area contributed by atoms with E-state index in [9.17, 15) is 30.0 Å². The lowest BCUT2D eigenvalue weighted by Crippen LogP contribution is -2.62. The minimum Gasteiger partial charge on any atom is -0.496 e. The lowest BCUT2D eigenvalue weighted by Gasteiger charge is -2.49. The van der Waals surface area contributed by atoms with Gasteiger partial charge in [0.05, 0.1) is 49.1 Å². The van der Waals surface area contributed by atoms with Crippen LogP contribution >= 0.6 is 0 Å². The summed E-state index contributed by atoms with van der Waals surface area (Å²) < 4.78 is 50.3. The number of esters is 1. The van der Waals surface area contributed by atoms with Gasteiger partial charge in [0.15, 0.2) is 18.7 Å². The number of aliphatic hydroxyl groups excluding tert-OH is 2. The second-order valence-electron chi connectivity index (χ2n) is 21.1. The number of carbonyl (C=O) groups is 2. The van der Waals surface area contributed by atoms with E-state index in [2.05, 4.69) is 24.1 Å². The number of para-hydroxylation sites is 1. The molecule has 1 amide bonds. The molecule has 0 saturated carbocycles. The number of hydrogen-bond acceptors (Lipinski definition) is 17. The van der Waals surface area contributed by atoms with E-state index in [1.165, 1.54) is 14.0 Å². The summed E-state index contributed by atoms with van der Waals surface area (Å²) in [5.41, 5.74) is 3.11.